The number of benzene rings is 2. The van der Waals surface area contributed by atoms with Crippen LogP contribution in [-0.2, 0) is 0 Å². The third kappa shape index (κ3) is 3.22. The minimum Gasteiger partial charge on any atom is -0.271 e. The molecule has 2 heteroatoms. The van der Waals surface area contributed by atoms with Crippen LogP contribution >= 0.6 is 0 Å². The van der Waals surface area contributed by atoms with Crippen molar-refractivity contribution in [3.63, 3.8) is 0 Å². The summed E-state index contributed by atoms with van der Waals surface area (Å²) in [5.74, 6) is 6.20. The molecule has 2 rings (SSSR count). The zero-order valence-electron chi connectivity index (χ0n) is 11.6. The molecule has 0 aliphatic carbocycles. The first-order chi connectivity index (χ1) is 9.26. The second-order valence-corrected chi connectivity index (χ2v) is 5.02. The zero-order valence-corrected chi connectivity index (χ0v) is 11.6. The van der Waals surface area contributed by atoms with E-state index in [-0.39, 0.29) is 6.04 Å². The van der Waals surface area contributed by atoms with Gasteiger partial charge in [0.15, 0.2) is 0 Å². The Morgan fingerprint density at radius 3 is 2.05 bits per heavy atom. The average Bonchev–Trinajstić information content (AvgIpc) is 2.49. The molecular weight excluding hydrogens is 232 g/mol. The van der Waals surface area contributed by atoms with Crippen LogP contribution in [0.1, 0.15) is 31.9 Å². The molecule has 0 aliphatic heterocycles. The highest BCUT2D eigenvalue weighted by Gasteiger charge is 2.16. The van der Waals surface area contributed by atoms with Gasteiger partial charge in [-0.05, 0) is 22.6 Å². The Morgan fingerprint density at radius 1 is 0.947 bits per heavy atom. The van der Waals surface area contributed by atoms with Crippen molar-refractivity contribution in [2.24, 2.45) is 11.8 Å². The molecule has 19 heavy (non-hydrogen) atoms. The van der Waals surface area contributed by atoms with Gasteiger partial charge in [0, 0.05) is 6.04 Å². The molecule has 2 atom stereocenters. The standard InChI is InChI=1S/C17H22N2/c1-3-13(2)17(19-18)16-11-9-15(10-12-16)14-7-5-4-6-8-14/h4-13,17,19H,3,18H2,1-2H3. The van der Waals surface area contributed by atoms with Gasteiger partial charge in [-0.3, -0.25) is 11.3 Å². The van der Waals surface area contributed by atoms with E-state index in [9.17, 15) is 0 Å². The van der Waals surface area contributed by atoms with Crippen molar-refractivity contribution >= 4 is 0 Å². The second kappa shape index (κ2) is 6.50. The number of rotatable bonds is 5. The summed E-state index contributed by atoms with van der Waals surface area (Å²) < 4.78 is 0. The minimum atomic E-state index is 0.217. The molecule has 0 spiro atoms. The summed E-state index contributed by atoms with van der Waals surface area (Å²) in [5, 5.41) is 0. The van der Waals surface area contributed by atoms with Gasteiger partial charge in [-0.1, -0.05) is 74.9 Å². The van der Waals surface area contributed by atoms with E-state index in [1.54, 1.807) is 0 Å². The normalized spacial score (nSPS) is 14.1. The number of hydrogen-bond acceptors (Lipinski definition) is 2. The van der Waals surface area contributed by atoms with Gasteiger partial charge in [0.2, 0.25) is 0 Å². The number of nitrogens with two attached hydrogens (primary N) is 1. The van der Waals surface area contributed by atoms with Crippen LogP contribution in [0.5, 0.6) is 0 Å². The van der Waals surface area contributed by atoms with E-state index in [0.29, 0.717) is 5.92 Å². The minimum absolute atomic E-state index is 0.217. The van der Waals surface area contributed by atoms with Gasteiger partial charge in [0.25, 0.3) is 0 Å². The molecule has 2 aromatic carbocycles. The van der Waals surface area contributed by atoms with Crippen LogP contribution in [0, 0.1) is 5.92 Å². The lowest BCUT2D eigenvalue weighted by molar-refractivity contribution is 0.383. The van der Waals surface area contributed by atoms with E-state index < -0.39 is 0 Å². The van der Waals surface area contributed by atoms with Crippen molar-refractivity contribution in [2.75, 3.05) is 0 Å². The van der Waals surface area contributed by atoms with E-state index in [0.717, 1.165) is 6.42 Å². The molecule has 0 heterocycles. The molecule has 0 radical (unpaired) electrons. The SMILES string of the molecule is CCC(C)C(NN)c1ccc(-c2ccccc2)cc1. The maximum Gasteiger partial charge on any atom is 0.0485 e. The monoisotopic (exact) mass is 254 g/mol. The Morgan fingerprint density at radius 2 is 1.53 bits per heavy atom. The third-order valence-corrected chi connectivity index (χ3v) is 3.77. The molecule has 100 valence electrons. The molecule has 0 aromatic heterocycles. The molecule has 0 saturated carbocycles. The highest BCUT2D eigenvalue weighted by atomic mass is 15.2. The summed E-state index contributed by atoms with van der Waals surface area (Å²) >= 11 is 0. The van der Waals surface area contributed by atoms with Crippen LogP contribution in [0.3, 0.4) is 0 Å². The Bertz CT molecular complexity index is 490. The predicted octanol–water partition coefficient (Wildman–Crippen LogP) is 3.90. The molecule has 2 nitrogen and oxygen atoms in total. The average molecular weight is 254 g/mol. The zero-order chi connectivity index (χ0) is 13.7. The van der Waals surface area contributed by atoms with Gasteiger partial charge in [-0.25, -0.2) is 0 Å². The highest BCUT2D eigenvalue weighted by molar-refractivity contribution is 5.63. The highest BCUT2D eigenvalue weighted by Crippen LogP contribution is 2.26. The van der Waals surface area contributed by atoms with Crippen molar-refractivity contribution in [1.82, 2.24) is 5.43 Å². The predicted molar refractivity (Wildman–Crippen MR) is 81.4 cm³/mol. The fourth-order valence-corrected chi connectivity index (χ4v) is 2.34. The summed E-state index contributed by atoms with van der Waals surface area (Å²) in [7, 11) is 0. The summed E-state index contributed by atoms with van der Waals surface area (Å²) in [6.07, 6.45) is 1.11. The van der Waals surface area contributed by atoms with Crippen LogP contribution in [0.2, 0.25) is 0 Å². The van der Waals surface area contributed by atoms with E-state index >= 15 is 0 Å². The van der Waals surface area contributed by atoms with E-state index in [1.165, 1.54) is 16.7 Å². The molecule has 2 aromatic rings. The third-order valence-electron chi connectivity index (χ3n) is 3.77. The quantitative estimate of drug-likeness (QED) is 0.627. The van der Waals surface area contributed by atoms with E-state index in [4.69, 9.17) is 5.84 Å². The molecule has 2 unspecified atom stereocenters. The number of hydrogen-bond donors (Lipinski definition) is 2. The van der Waals surface area contributed by atoms with Crippen LogP contribution < -0.4 is 11.3 Å². The molecule has 0 aliphatic rings. The topological polar surface area (TPSA) is 38.0 Å². The van der Waals surface area contributed by atoms with Crippen LogP contribution in [-0.4, -0.2) is 0 Å². The van der Waals surface area contributed by atoms with Gasteiger partial charge in [-0.15, -0.1) is 0 Å². The van der Waals surface area contributed by atoms with Gasteiger partial charge in [0.1, 0.15) is 0 Å². The molecule has 0 bridgehead atoms. The lowest BCUT2D eigenvalue weighted by Gasteiger charge is -2.22. The first kappa shape index (κ1) is 13.8. The van der Waals surface area contributed by atoms with Crippen molar-refractivity contribution < 1.29 is 0 Å². The first-order valence-corrected chi connectivity index (χ1v) is 6.87. The Hall–Kier alpha value is -1.64. The maximum atomic E-state index is 5.68. The Balaban J connectivity index is 2.23. The van der Waals surface area contributed by atoms with E-state index in [2.05, 4.69) is 67.8 Å². The van der Waals surface area contributed by atoms with Crippen molar-refractivity contribution in [3.05, 3.63) is 60.2 Å². The summed E-state index contributed by atoms with van der Waals surface area (Å²) in [6.45, 7) is 4.41. The summed E-state index contributed by atoms with van der Waals surface area (Å²) in [4.78, 5) is 0. The Labute approximate surface area is 115 Å². The lowest BCUT2D eigenvalue weighted by atomic mass is 9.92. The van der Waals surface area contributed by atoms with E-state index in [1.807, 2.05) is 6.07 Å². The number of nitrogens with one attached hydrogen (secondary N) is 1. The van der Waals surface area contributed by atoms with Gasteiger partial charge in [-0.2, -0.15) is 0 Å². The summed E-state index contributed by atoms with van der Waals surface area (Å²) in [6, 6.07) is 19.3. The smallest absolute Gasteiger partial charge is 0.0485 e. The second-order valence-electron chi connectivity index (χ2n) is 5.02. The first-order valence-electron chi connectivity index (χ1n) is 6.87. The fraction of sp³-hybridized carbons (Fsp3) is 0.294. The molecule has 0 fully saturated rings. The van der Waals surface area contributed by atoms with Crippen LogP contribution in [0.25, 0.3) is 11.1 Å². The van der Waals surface area contributed by atoms with Crippen LogP contribution in [0.4, 0.5) is 0 Å². The van der Waals surface area contributed by atoms with Crippen molar-refractivity contribution in [2.45, 2.75) is 26.3 Å². The maximum absolute atomic E-state index is 5.68. The lowest BCUT2D eigenvalue weighted by Crippen LogP contribution is -2.32. The summed E-state index contributed by atoms with van der Waals surface area (Å²) in [5.41, 5.74) is 6.66. The Kier molecular flexibility index (Phi) is 4.72. The molecule has 3 N–H and O–H groups in total. The van der Waals surface area contributed by atoms with Gasteiger partial charge in [0.05, 0.1) is 0 Å². The largest absolute Gasteiger partial charge is 0.271 e. The van der Waals surface area contributed by atoms with Crippen molar-refractivity contribution in [1.29, 1.82) is 0 Å². The van der Waals surface area contributed by atoms with Gasteiger partial charge < -0.3 is 0 Å². The molecule has 0 saturated heterocycles. The fourth-order valence-electron chi connectivity index (χ4n) is 2.34. The van der Waals surface area contributed by atoms with Crippen LogP contribution in [0.15, 0.2) is 54.6 Å². The van der Waals surface area contributed by atoms with Crippen molar-refractivity contribution in [3.8, 4) is 11.1 Å². The number of hydrazine groups is 1. The molecule has 0 amide bonds. The molecular formula is C17H22N2. The van der Waals surface area contributed by atoms with Gasteiger partial charge >= 0.3 is 0 Å².